The van der Waals surface area contributed by atoms with Crippen LogP contribution in [0.25, 0.3) is 11.6 Å². The van der Waals surface area contributed by atoms with Crippen molar-refractivity contribution in [1.82, 2.24) is 9.99 Å². The van der Waals surface area contributed by atoms with Gasteiger partial charge in [0.15, 0.2) is 22.9 Å². The highest BCUT2D eigenvalue weighted by Gasteiger charge is 2.28. The topological polar surface area (TPSA) is 109 Å². The summed E-state index contributed by atoms with van der Waals surface area (Å²) >= 11 is 0. The Morgan fingerprint density at radius 1 is 1.43 bits per heavy atom. The summed E-state index contributed by atoms with van der Waals surface area (Å²) in [4.78, 5) is 20.8. The van der Waals surface area contributed by atoms with Gasteiger partial charge < -0.3 is 19.0 Å². The number of aliphatic imine (C=N–C) groups is 1. The van der Waals surface area contributed by atoms with E-state index < -0.39 is 5.97 Å². The molecule has 9 heteroatoms. The van der Waals surface area contributed by atoms with E-state index in [9.17, 15) is 9.90 Å². The predicted octanol–water partition coefficient (Wildman–Crippen LogP) is 2.47. The number of morpholine rings is 1. The molecule has 2 aliphatic heterocycles. The summed E-state index contributed by atoms with van der Waals surface area (Å²) in [5.41, 5.74) is 4.55. The largest absolute Gasteiger partial charge is 0.504 e. The average molecular weight is 384 g/mol. The standard InChI is InChI=1S/C19H20N4O5/c1-2-27-19(25)15-16(24)14(28-18(15)22-23-6-8-26-9-7-23)10-12-11-21-17-13(12)4-3-5-20-17/h3-5,10-11,22,24H,2,6-9H2,1H3. The number of fused-ring (bicyclic) bond motifs is 1. The molecule has 0 aliphatic carbocycles. The van der Waals surface area contributed by atoms with Gasteiger partial charge in [0.2, 0.25) is 5.88 Å². The number of aromatic hydroxyl groups is 1. The van der Waals surface area contributed by atoms with Crippen molar-refractivity contribution in [3.63, 3.8) is 0 Å². The third-order valence-corrected chi connectivity index (χ3v) is 4.37. The van der Waals surface area contributed by atoms with Gasteiger partial charge in [0, 0.05) is 36.6 Å². The smallest absolute Gasteiger partial charge is 0.347 e. The second-order valence-electron chi connectivity index (χ2n) is 6.18. The molecule has 2 aromatic rings. The number of hydrazine groups is 1. The zero-order chi connectivity index (χ0) is 19.5. The van der Waals surface area contributed by atoms with Crippen molar-refractivity contribution < 1.29 is 23.8 Å². The molecule has 9 nitrogen and oxygen atoms in total. The highest BCUT2D eigenvalue weighted by molar-refractivity contribution is 6.21. The Morgan fingerprint density at radius 3 is 3.04 bits per heavy atom. The van der Waals surface area contributed by atoms with E-state index in [1.807, 2.05) is 11.1 Å². The molecule has 2 aliphatic rings. The lowest BCUT2D eigenvalue weighted by Gasteiger charge is -2.26. The Bertz CT molecular complexity index is 944. The van der Waals surface area contributed by atoms with Gasteiger partial charge in [-0.25, -0.2) is 19.8 Å². The second-order valence-corrected chi connectivity index (χ2v) is 6.18. The van der Waals surface area contributed by atoms with Crippen LogP contribution < -0.4 is 5.43 Å². The first-order chi connectivity index (χ1) is 13.7. The molecular weight excluding hydrogens is 364 g/mol. The number of ether oxygens (including phenoxy) is 2. The van der Waals surface area contributed by atoms with Gasteiger partial charge in [0.05, 0.1) is 19.8 Å². The molecule has 0 amide bonds. The maximum absolute atomic E-state index is 12.4. The van der Waals surface area contributed by atoms with Crippen LogP contribution in [0.3, 0.4) is 0 Å². The number of pyridine rings is 1. The van der Waals surface area contributed by atoms with Gasteiger partial charge in [0.25, 0.3) is 0 Å². The van der Waals surface area contributed by atoms with E-state index in [0.29, 0.717) is 32.1 Å². The molecule has 4 rings (SSSR count). The van der Waals surface area contributed by atoms with E-state index in [4.69, 9.17) is 13.9 Å². The van der Waals surface area contributed by atoms with Crippen LogP contribution in [0.1, 0.15) is 28.6 Å². The summed E-state index contributed by atoms with van der Waals surface area (Å²) in [6.45, 7) is 4.24. The zero-order valence-corrected chi connectivity index (χ0v) is 15.3. The Kier molecular flexibility index (Phi) is 5.09. The van der Waals surface area contributed by atoms with Crippen molar-refractivity contribution in [3.05, 3.63) is 35.2 Å². The van der Waals surface area contributed by atoms with Crippen molar-refractivity contribution >= 4 is 35.5 Å². The molecule has 4 heterocycles. The first kappa shape index (κ1) is 18.2. The van der Waals surface area contributed by atoms with E-state index >= 15 is 0 Å². The van der Waals surface area contributed by atoms with E-state index in [1.165, 1.54) is 0 Å². The summed E-state index contributed by atoms with van der Waals surface area (Å²) in [6.07, 6.45) is 4.92. The van der Waals surface area contributed by atoms with Crippen molar-refractivity contribution in [2.45, 2.75) is 6.92 Å². The van der Waals surface area contributed by atoms with Crippen molar-refractivity contribution in [1.29, 1.82) is 0 Å². The number of allylic oxidation sites excluding steroid dienone is 1. The van der Waals surface area contributed by atoms with Crippen molar-refractivity contribution in [2.75, 3.05) is 38.3 Å². The molecule has 1 fully saturated rings. The van der Waals surface area contributed by atoms with Gasteiger partial charge in [-0.05, 0) is 25.1 Å². The number of hydrogen-bond acceptors (Lipinski definition) is 9. The highest BCUT2D eigenvalue weighted by Crippen LogP contribution is 2.38. The van der Waals surface area contributed by atoms with E-state index in [0.717, 1.165) is 11.1 Å². The Balaban J connectivity index is 1.70. The van der Waals surface area contributed by atoms with E-state index in [-0.39, 0.29) is 29.6 Å². The van der Waals surface area contributed by atoms with Crippen LogP contribution in [-0.2, 0) is 9.47 Å². The molecule has 0 unspecified atom stereocenters. The number of aromatic nitrogens is 1. The van der Waals surface area contributed by atoms with Gasteiger partial charge in [-0.3, -0.25) is 5.43 Å². The summed E-state index contributed by atoms with van der Waals surface area (Å²) in [5, 5.41) is 12.5. The Labute approximate surface area is 161 Å². The van der Waals surface area contributed by atoms with Crippen LogP contribution in [0.4, 0.5) is 11.7 Å². The summed E-state index contributed by atoms with van der Waals surface area (Å²) in [7, 11) is 0. The van der Waals surface area contributed by atoms with Crippen LogP contribution in [0.5, 0.6) is 5.75 Å². The number of nitrogens with zero attached hydrogens (tertiary/aromatic N) is 3. The SMILES string of the molecule is CCOC(=O)c1c(NN2CCOCC2)oc(C=C2C=Nc3ncccc32)c1O. The third-order valence-electron chi connectivity index (χ3n) is 4.37. The monoisotopic (exact) mass is 384 g/mol. The molecule has 0 atom stereocenters. The van der Waals surface area contributed by atoms with Crippen LogP contribution in [0.15, 0.2) is 27.7 Å². The number of nitrogens with one attached hydrogen (secondary N) is 1. The lowest BCUT2D eigenvalue weighted by atomic mass is 10.1. The molecule has 0 bridgehead atoms. The van der Waals surface area contributed by atoms with Crippen LogP contribution in [0, 0.1) is 0 Å². The Morgan fingerprint density at radius 2 is 2.25 bits per heavy atom. The molecule has 1 saturated heterocycles. The maximum Gasteiger partial charge on any atom is 0.347 e. The normalized spacial score (nSPS) is 17.7. The number of hydrogen-bond donors (Lipinski definition) is 2. The quantitative estimate of drug-likeness (QED) is 0.757. The summed E-state index contributed by atoms with van der Waals surface area (Å²) in [5.74, 6) is -0.0844. The van der Waals surface area contributed by atoms with Gasteiger partial charge in [-0.2, -0.15) is 0 Å². The first-order valence-electron chi connectivity index (χ1n) is 9.00. The lowest BCUT2D eigenvalue weighted by Crippen LogP contribution is -2.40. The maximum atomic E-state index is 12.4. The Hall–Kier alpha value is -3.17. The van der Waals surface area contributed by atoms with Gasteiger partial charge in [-0.1, -0.05) is 0 Å². The highest BCUT2D eigenvalue weighted by atomic mass is 16.5. The molecular formula is C19H20N4O5. The molecule has 2 aromatic heterocycles. The second kappa shape index (κ2) is 7.83. The fourth-order valence-corrected chi connectivity index (χ4v) is 3.01. The summed E-state index contributed by atoms with van der Waals surface area (Å²) in [6, 6.07) is 3.68. The molecule has 0 spiro atoms. The lowest BCUT2D eigenvalue weighted by molar-refractivity contribution is 0.0476. The molecule has 0 aromatic carbocycles. The van der Waals surface area contributed by atoms with Crippen LogP contribution >= 0.6 is 0 Å². The van der Waals surface area contributed by atoms with Crippen molar-refractivity contribution in [3.8, 4) is 5.75 Å². The van der Waals surface area contributed by atoms with Gasteiger partial charge >= 0.3 is 5.97 Å². The minimum atomic E-state index is -0.661. The molecule has 2 N–H and O–H groups in total. The van der Waals surface area contributed by atoms with Crippen LogP contribution in [-0.4, -0.2) is 60.2 Å². The molecule has 28 heavy (non-hydrogen) atoms. The third kappa shape index (κ3) is 3.49. The number of furan rings is 1. The van der Waals surface area contributed by atoms with Crippen LogP contribution in [0.2, 0.25) is 0 Å². The van der Waals surface area contributed by atoms with Crippen molar-refractivity contribution in [2.24, 2.45) is 4.99 Å². The predicted molar refractivity (Wildman–Crippen MR) is 103 cm³/mol. The first-order valence-corrected chi connectivity index (χ1v) is 9.00. The van der Waals surface area contributed by atoms with Gasteiger partial charge in [-0.15, -0.1) is 0 Å². The molecule has 0 saturated carbocycles. The minimum Gasteiger partial charge on any atom is -0.504 e. The number of carbonyl (C=O) groups is 1. The fourth-order valence-electron chi connectivity index (χ4n) is 3.01. The number of rotatable bonds is 5. The van der Waals surface area contributed by atoms with E-state index in [2.05, 4.69) is 15.4 Å². The van der Waals surface area contributed by atoms with E-state index in [1.54, 1.807) is 31.5 Å². The number of anilines is 1. The fraction of sp³-hybridized carbons (Fsp3) is 0.316. The minimum absolute atomic E-state index is 0.0402. The molecule has 146 valence electrons. The zero-order valence-electron chi connectivity index (χ0n) is 15.3. The van der Waals surface area contributed by atoms with Gasteiger partial charge in [0.1, 0.15) is 0 Å². The number of esters is 1. The average Bonchev–Trinajstić information content (AvgIpc) is 3.24. The summed E-state index contributed by atoms with van der Waals surface area (Å²) < 4.78 is 16.2. The number of carbonyl (C=O) groups excluding carboxylic acids is 1. The molecule has 0 radical (unpaired) electrons.